The fourth-order valence-corrected chi connectivity index (χ4v) is 2.23. The van der Waals surface area contributed by atoms with E-state index in [0.29, 0.717) is 18.7 Å². The monoisotopic (exact) mass is 303 g/mol. The second kappa shape index (κ2) is 5.58. The van der Waals surface area contributed by atoms with Crippen LogP contribution in [0.4, 0.5) is 24.5 Å². The number of carbonyl (C=O) groups is 1. The Balaban J connectivity index is 1.94. The molecule has 0 bridgehead atoms. The van der Waals surface area contributed by atoms with Gasteiger partial charge in [-0.25, -0.2) is 0 Å². The highest BCUT2D eigenvalue weighted by molar-refractivity contribution is 5.81. The summed E-state index contributed by atoms with van der Waals surface area (Å²) in [6.45, 7) is 0.361. The zero-order valence-electron chi connectivity index (χ0n) is 10.7. The number of benzene rings is 1. The van der Waals surface area contributed by atoms with Gasteiger partial charge in [-0.1, -0.05) is 0 Å². The lowest BCUT2D eigenvalue weighted by molar-refractivity contribution is -0.384. The van der Waals surface area contributed by atoms with Gasteiger partial charge in [0, 0.05) is 36.8 Å². The van der Waals surface area contributed by atoms with Gasteiger partial charge in [-0.15, -0.1) is 0 Å². The molecule has 6 nitrogen and oxygen atoms in total. The van der Waals surface area contributed by atoms with Crippen LogP contribution in [-0.2, 0) is 4.79 Å². The summed E-state index contributed by atoms with van der Waals surface area (Å²) < 4.78 is 36.1. The number of anilines is 1. The van der Waals surface area contributed by atoms with Crippen LogP contribution in [0, 0.1) is 10.1 Å². The Morgan fingerprint density at radius 3 is 2.81 bits per heavy atom. The molecule has 9 heteroatoms. The largest absolute Gasteiger partial charge is 0.471 e. The van der Waals surface area contributed by atoms with Crippen molar-refractivity contribution >= 4 is 17.3 Å². The standard InChI is InChI=1S/C12H12F3N3O3/c13-12(14,15)11(19)16-4-3-7-6-17-10-5-8(18(20)21)1-2-9(7)10/h1-2,5,7,17H,3-4,6H2,(H,16,19). The van der Waals surface area contributed by atoms with Crippen molar-refractivity contribution in [3.8, 4) is 0 Å². The molecule has 2 rings (SSSR count). The van der Waals surface area contributed by atoms with E-state index in [9.17, 15) is 28.1 Å². The van der Waals surface area contributed by atoms with Crippen LogP contribution in [0.1, 0.15) is 17.9 Å². The fourth-order valence-electron chi connectivity index (χ4n) is 2.23. The minimum Gasteiger partial charge on any atom is -0.384 e. The number of halogens is 3. The van der Waals surface area contributed by atoms with Gasteiger partial charge in [-0.3, -0.25) is 14.9 Å². The molecule has 1 aromatic carbocycles. The highest BCUT2D eigenvalue weighted by Crippen LogP contribution is 2.35. The average molecular weight is 303 g/mol. The highest BCUT2D eigenvalue weighted by Gasteiger charge is 2.38. The summed E-state index contributed by atoms with van der Waals surface area (Å²) in [5.41, 5.74) is 1.37. The minimum atomic E-state index is -4.88. The van der Waals surface area contributed by atoms with Crippen molar-refractivity contribution in [2.75, 3.05) is 18.4 Å². The smallest absolute Gasteiger partial charge is 0.384 e. The summed E-state index contributed by atoms with van der Waals surface area (Å²) in [6.07, 6.45) is -4.56. The molecular formula is C12H12F3N3O3. The number of hydrogen-bond acceptors (Lipinski definition) is 4. The molecule has 0 aromatic heterocycles. The second-order valence-electron chi connectivity index (χ2n) is 4.65. The molecule has 0 aliphatic carbocycles. The first-order chi connectivity index (χ1) is 9.79. The predicted octanol–water partition coefficient (Wildman–Crippen LogP) is 2.17. The van der Waals surface area contributed by atoms with Crippen molar-refractivity contribution in [1.29, 1.82) is 0 Å². The van der Waals surface area contributed by atoms with Crippen LogP contribution in [0.15, 0.2) is 18.2 Å². The lowest BCUT2D eigenvalue weighted by atomic mass is 9.97. The van der Waals surface area contributed by atoms with E-state index in [1.807, 2.05) is 5.32 Å². The molecule has 1 amide bonds. The summed E-state index contributed by atoms with van der Waals surface area (Å²) in [6, 6.07) is 4.33. The lowest BCUT2D eigenvalue weighted by Gasteiger charge is -2.12. The van der Waals surface area contributed by atoms with Gasteiger partial charge >= 0.3 is 12.1 Å². The van der Waals surface area contributed by atoms with E-state index < -0.39 is 17.0 Å². The summed E-state index contributed by atoms with van der Waals surface area (Å²) in [5, 5.41) is 15.4. The Hall–Kier alpha value is -2.32. The Kier molecular flexibility index (Phi) is 4.01. The second-order valence-corrected chi connectivity index (χ2v) is 4.65. The third-order valence-electron chi connectivity index (χ3n) is 3.26. The quantitative estimate of drug-likeness (QED) is 0.659. The van der Waals surface area contributed by atoms with Gasteiger partial charge in [0.1, 0.15) is 0 Å². The van der Waals surface area contributed by atoms with E-state index in [2.05, 4.69) is 5.32 Å². The number of hydrogen-bond donors (Lipinski definition) is 2. The summed E-state index contributed by atoms with van der Waals surface area (Å²) in [5.74, 6) is -2.05. The van der Waals surface area contributed by atoms with Crippen LogP contribution in [0.25, 0.3) is 0 Å². The first-order valence-corrected chi connectivity index (χ1v) is 6.16. The van der Waals surface area contributed by atoms with Crippen LogP contribution >= 0.6 is 0 Å². The van der Waals surface area contributed by atoms with E-state index in [4.69, 9.17) is 0 Å². The number of non-ortho nitro benzene ring substituents is 1. The summed E-state index contributed by atoms with van der Waals surface area (Å²) >= 11 is 0. The number of nitrogens with one attached hydrogen (secondary N) is 2. The van der Waals surface area contributed by atoms with E-state index in [1.54, 1.807) is 6.07 Å². The lowest BCUT2D eigenvalue weighted by Crippen LogP contribution is -2.37. The van der Waals surface area contributed by atoms with Crippen LogP contribution in [0.3, 0.4) is 0 Å². The number of nitro benzene ring substituents is 1. The first kappa shape index (κ1) is 15.1. The van der Waals surface area contributed by atoms with Crippen molar-refractivity contribution in [1.82, 2.24) is 5.32 Å². The van der Waals surface area contributed by atoms with E-state index >= 15 is 0 Å². The molecular weight excluding hydrogens is 291 g/mol. The molecule has 1 aliphatic rings. The van der Waals surface area contributed by atoms with Gasteiger partial charge in [0.2, 0.25) is 0 Å². The Morgan fingerprint density at radius 1 is 1.48 bits per heavy atom. The number of nitrogens with zero attached hydrogens (tertiary/aromatic N) is 1. The number of alkyl halides is 3. The maximum Gasteiger partial charge on any atom is 0.471 e. The van der Waals surface area contributed by atoms with Crippen LogP contribution in [-0.4, -0.2) is 30.1 Å². The van der Waals surface area contributed by atoms with E-state index in [-0.39, 0.29) is 18.2 Å². The molecule has 1 aliphatic heterocycles. The van der Waals surface area contributed by atoms with Crippen molar-refractivity contribution in [2.24, 2.45) is 0 Å². The third-order valence-corrected chi connectivity index (χ3v) is 3.26. The molecule has 0 radical (unpaired) electrons. The molecule has 0 spiro atoms. The fraction of sp³-hybridized carbons (Fsp3) is 0.417. The predicted molar refractivity (Wildman–Crippen MR) is 68.0 cm³/mol. The normalized spacial score (nSPS) is 17.0. The Bertz CT molecular complexity index is 575. The van der Waals surface area contributed by atoms with Crippen molar-refractivity contribution in [3.63, 3.8) is 0 Å². The average Bonchev–Trinajstić information content (AvgIpc) is 2.80. The maximum absolute atomic E-state index is 12.0. The molecule has 1 heterocycles. The number of fused-ring (bicyclic) bond motifs is 1. The molecule has 1 unspecified atom stereocenters. The Morgan fingerprint density at radius 2 is 2.19 bits per heavy atom. The van der Waals surface area contributed by atoms with Gasteiger partial charge in [-0.05, 0) is 18.1 Å². The van der Waals surface area contributed by atoms with Gasteiger partial charge in [0.15, 0.2) is 0 Å². The van der Waals surface area contributed by atoms with Gasteiger partial charge in [-0.2, -0.15) is 13.2 Å². The zero-order valence-corrected chi connectivity index (χ0v) is 10.7. The number of rotatable bonds is 4. The SMILES string of the molecule is O=C(NCCC1CNc2cc([N+](=O)[O-])ccc21)C(F)(F)F. The zero-order chi connectivity index (χ0) is 15.6. The highest BCUT2D eigenvalue weighted by atomic mass is 19.4. The number of nitro groups is 1. The number of carbonyl (C=O) groups excluding carboxylic acids is 1. The van der Waals surface area contributed by atoms with Crippen molar-refractivity contribution in [3.05, 3.63) is 33.9 Å². The topological polar surface area (TPSA) is 84.3 Å². The maximum atomic E-state index is 12.0. The van der Waals surface area contributed by atoms with Crippen molar-refractivity contribution < 1.29 is 22.9 Å². The molecule has 0 fully saturated rings. The molecule has 0 saturated heterocycles. The summed E-state index contributed by atoms with van der Waals surface area (Å²) in [4.78, 5) is 20.8. The van der Waals surface area contributed by atoms with Gasteiger partial charge in [0.25, 0.3) is 5.69 Å². The van der Waals surface area contributed by atoms with E-state index in [1.165, 1.54) is 12.1 Å². The van der Waals surface area contributed by atoms with Crippen LogP contribution in [0.2, 0.25) is 0 Å². The molecule has 0 saturated carbocycles. The van der Waals surface area contributed by atoms with Crippen LogP contribution < -0.4 is 10.6 Å². The Labute approximate surface area is 117 Å². The third kappa shape index (κ3) is 3.41. The van der Waals surface area contributed by atoms with Crippen LogP contribution in [0.5, 0.6) is 0 Å². The molecule has 21 heavy (non-hydrogen) atoms. The van der Waals surface area contributed by atoms with E-state index in [0.717, 1.165) is 5.56 Å². The molecule has 1 atom stereocenters. The molecule has 114 valence electrons. The van der Waals surface area contributed by atoms with Gasteiger partial charge < -0.3 is 10.6 Å². The van der Waals surface area contributed by atoms with Crippen molar-refractivity contribution in [2.45, 2.75) is 18.5 Å². The summed E-state index contributed by atoms with van der Waals surface area (Å²) in [7, 11) is 0. The minimum absolute atomic E-state index is 0.0488. The molecule has 2 N–H and O–H groups in total. The number of amides is 1. The van der Waals surface area contributed by atoms with Gasteiger partial charge in [0.05, 0.1) is 4.92 Å². The molecule has 1 aromatic rings. The first-order valence-electron chi connectivity index (χ1n) is 6.16.